The van der Waals surface area contributed by atoms with Gasteiger partial charge in [0.2, 0.25) is 0 Å². The molecule has 0 bridgehead atoms. The van der Waals surface area contributed by atoms with Crippen molar-refractivity contribution in [2.45, 2.75) is 12.3 Å². The molecule has 0 saturated heterocycles. The number of hydrogen-bond acceptors (Lipinski definition) is 2. The molecular formula is C14H15FN2. The normalized spacial score (nSPS) is 12.4. The molecule has 0 spiro atoms. The molecule has 1 heterocycles. The topological polar surface area (TPSA) is 38.9 Å². The quantitative estimate of drug-likeness (QED) is 0.876. The maximum atomic E-state index is 13.7. The molecule has 3 heteroatoms. The Hall–Kier alpha value is -1.74. The molecule has 0 aliphatic carbocycles. The van der Waals surface area contributed by atoms with Crippen molar-refractivity contribution in [3.8, 4) is 0 Å². The largest absolute Gasteiger partial charge is 0.330 e. The standard InChI is InChI=1S/C14H15FN2/c15-14-6-2-1-5-13(14)12(9-16)8-11-4-3-7-17-10-11/h1-7,10,12H,8-9,16H2. The van der Waals surface area contributed by atoms with Crippen LogP contribution in [0, 0.1) is 5.82 Å². The Bertz CT molecular complexity index is 471. The number of benzene rings is 1. The van der Waals surface area contributed by atoms with Crippen LogP contribution in [0.5, 0.6) is 0 Å². The highest BCUT2D eigenvalue weighted by molar-refractivity contribution is 5.25. The van der Waals surface area contributed by atoms with Crippen molar-refractivity contribution in [2.75, 3.05) is 6.54 Å². The summed E-state index contributed by atoms with van der Waals surface area (Å²) in [4.78, 5) is 4.05. The lowest BCUT2D eigenvalue weighted by molar-refractivity contribution is 0.575. The van der Waals surface area contributed by atoms with Gasteiger partial charge in [-0.25, -0.2) is 4.39 Å². The Morgan fingerprint density at radius 3 is 2.65 bits per heavy atom. The van der Waals surface area contributed by atoms with E-state index in [1.54, 1.807) is 24.5 Å². The first kappa shape index (κ1) is 11.7. The van der Waals surface area contributed by atoms with Gasteiger partial charge in [-0.15, -0.1) is 0 Å². The summed E-state index contributed by atoms with van der Waals surface area (Å²) in [5.74, 6) is -0.188. The molecule has 0 aliphatic heterocycles. The second-order valence-electron chi connectivity index (χ2n) is 4.02. The van der Waals surface area contributed by atoms with E-state index in [9.17, 15) is 4.39 Å². The Labute approximate surface area is 100 Å². The molecule has 0 saturated carbocycles. The predicted molar refractivity (Wildman–Crippen MR) is 66.1 cm³/mol. The van der Waals surface area contributed by atoms with Crippen LogP contribution in [0.4, 0.5) is 4.39 Å². The Morgan fingerprint density at radius 2 is 2.00 bits per heavy atom. The Morgan fingerprint density at radius 1 is 1.18 bits per heavy atom. The van der Waals surface area contributed by atoms with E-state index in [2.05, 4.69) is 4.98 Å². The van der Waals surface area contributed by atoms with Crippen molar-refractivity contribution < 1.29 is 4.39 Å². The first-order valence-corrected chi connectivity index (χ1v) is 5.64. The molecule has 0 amide bonds. The van der Waals surface area contributed by atoms with Crippen LogP contribution in [0.3, 0.4) is 0 Å². The SMILES string of the molecule is NCC(Cc1cccnc1)c1ccccc1F. The highest BCUT2D eigenvalue weighted by atomic mass is 19.1. The third-order valence-corrected chi connectivity index (χ3v) is 2.83. The van der Waals surface area contributed by atoms with Gasteiger partial charge in [0.25, 0.3) is 0 Å². The first-order valence-electron chi connectivity index (χ1n) is 5.64. The number of pyridine rings is 1. The summed E-state index contributed by atoms with van der Waals surface area (Å²) in [7, 11) is 0. The van der Waals surface area contributed by atoms with Gasteiger partial charge < -0.3 is 5.73 Å². The van der Waals surface area contributed by atoms with E-state index in [1.165, 1.54) is 6.07 Å². The summed E-state index contributed by atoms with van der Waals surface area (Å²) in [5.41, 5.74) is 7.49. The van der Waals surface area contributed by atoms with Crippen LogP contribution in [0.1, 0.15) is 17.0 Å². The second-order valence-corrected chi connectivity index (χ2v) is 4.02. The van der Waals surface area contributed by atoms with Crippen LogP contribution < -0.4 is 5.73 Å². The van der Waals surface area contributed by atoms with Crippen molar-refractivity contribution in [2.24, 2.45) is 5.73 Å². The second kappa shape index (κ2) is 5.55. The van der Waals surface area contributed by atoms with Gasteiger partial charge in [0.15, 0.2) is 0 Å². The van der Waals surface area contributed by atoms with Gasteiger partial charge in [0.05, 0.1) is 0 Å². The van der Waals surface area contributed by atoms with Gasteiger partial charge in [0, 0.05) is 18.3 Å². The summed E-state index contributed by atoms with van der Waals surface area (Å²) in [6.45, 7) is 0.426. The third-order valence-electron chi connectivity index (χ3n) is 2.83. The number of aromatic nitrogens is 1. The van der Waals surface area contributed by atoms with Crippen LogP contribution in [-0.2, 0) is 6.42 Å². The first-order chi connectivity index (χ1) is 8.31. The monoisotopic (exact) mass is 230 g/mol. The van der Waals surface area contributed by atoms with Gasteiger partial charge in [-0.2, -0.15) is 0 Å². The summed E-state index contributed by atoms with van der Waals surface area (Å²) in [6, 6.07) is 10.7. The van der Waals surface area contributed by atoms with E-state index >= 15 is 0 Å². The molecule has 0 radical (unpaired) electrons. The molecule has 2 rings (SSSR count). The van der Waals surface area contributed by atoms with E-state index in [-0.39, 0.29) is 11.7 Å². The average Bonchev–Trinajstić information content (AvgIpc) is 2.38. The van der Waals surface area contributed by atoms with E-state index in [0.717, 1.165) is 5.56 Å². The fourth-order valence-corrected chi connectivity index (χ4v) is 1.93. The number of halogens is 1. The van der Waals surface area contributed by atoms with Gasteiger partial charge in [-0.3, -0.25) is 4.98 Å². The highest BCUT2D eigenvalue weighted by Crippen LogP contribution is 2.22. The van der Waals surface area contributed by atoms with E-state index in [1.807, 2.05) is 18.2 Å². The molecule has 2 N–H and O–H groups in total. The predicted octanol–water partition coefficient (Wildman–Crippen LogP) is 2.51. The fraction of sp³-hybridized carbons (Fsp3) is 0.214. The minimum atomic E-state index is -0.188. The number of nitrogens with zero attached hydrogens (tertiary/aromatic N) is 1. The van der Waals surface area contributed by atoms with E-state index < -0.39 is 0 Å². The van der Waals surface area contributed by atoms with Crippen molar-refractivity contribution in [1.82, 2.24) is 4.98 Å². The fourth-order valence-electron chi connectivity index (χ4n) is 1.93. The molecule has 1 unspecified atom stereocenters. The maximum Gasteiger partial charge on any atom is 0.126 e. The molecule has 1 aromatic carbocycles. The summed E-state index contributed by atoms with van der Waals surface area (Å²) >= 11 is 0. The molecular weight excluding hydrogens is 215 g/mol. The molecule has 0 fully saturated rings. The van der Waals surface area contributed by atoms with Gasteiger partial charge in [-0.1, -0.05) is 24.3 Å². The lowest BCUT2D eigenvalue weighted by atomic mass is 9.92. The Balaban J connectivity index is 2.21. The molecule has 1 atom stereocenters. The minimum Gasteiger partial charge on any atom is -0.330 e. The summed E-state index contributed by atoms with van der Waals surface area (Å²) < 4.78 is 13.7. The zero-order chi connectivity index (χ0) is 12.1. The van der Waals surface area contributed by atoms with Gasteiger partial charge in [-0.05, 0) is 36.2 Å². The molecule has 1 aromatic heterocycles. The van der Waals surface area contributed by atoms with Crippen LogP contribution in [0.15, 0.2) is 48.8 Å². The van der Waals surface area contributed by atoms with Crippen LogP contribution in [0.2, 0.25) is 0 Å². The lowest BCUT2D eigenvalue weighted by Gasteiger charge is -2.15. The summed E-state index contributed by atoms with van der Waals surface area (Å²) in [5, 5.41) is 0. The molecule has 17 heavy (non-hydrogen) atoms. The Kier molecular flexibility index (Phi) is 3.83. The van der Waals surface area contributed by atoms with Gasteiger partial charge in [0.1, 0.15) is 5.82 Å². The minimum absolute atomic E-state index is 0.000370. The van der Waals surface area contributed by atoms with Crippen LogP contribution in [0.25, 0.3) is 0 Å². The van der Waals surface area contributed by atoms with Gasteiger partial charge >= 0.3 is 0 Å². The van der Waals surface area contributed by atoms with E-state index in [0.29, 0.717) is 18.5 Å². The lowest BCUT2D eigenvalue weighted by Crippen LogP contribution is -2.16. The zero-order valence-electron chi connectivity index (χ0n) is 9.51. The zero-order valence-corrected chi connectivity index (χ0v) is 9.51. The maximum absolute atomic E-state index is 13.7. The highest BCUT2D eigenvalue weighted by Gasteiger charge is 2.14. The van der Waals surface area contributed by atoms with Crippen molar-refractivity contribution in [1.29, 1.82) is 0 Å². The molecule has 0 aliphatic rings. The van der Waals surface area contributed by atoms with Crippen LogP contribution >= 0.6 is 0 Å². The summed E-state index contributed by atoms with van der Waals surface area (Å²) in [6.07, 6.45) is 4.23. The number of hydrogen-bond donors (Lipinski definition) is 1. The number of rotatable bonds is 4. The van der Waals surface area contributed by atoms with Crippen molar-refractivity contribution in [3.05, 3.63) is 65.7 Å². The smallest absolute Gasteiger partial charge is 0.126 e. The van der Waals surface area contributed by atoms with Crippen molar-refractivity contribution >= 4 is 0 Å². The van der Waals surface area contributed by atoms with Crippen molar-refractivity contribution in [3.63, 3.8) is 0 Å². The average molecular weight is 230 g/mol. The molecule has 88 valence electrons. The van der Waals surface area contributed by atoms with E-state index in [4.69, 9.17) is 5.73 Å². The number of nitrogens with two attached hydrogens (primary N) is 1. The van der Waals surface area contributed by atoms with Crippen LogP contribution in [-0.4, -0.2) is 11.5 Å². The molecule has 2 aromatic rings. The third kappa shape index (κ3) is 2.88. The molecule has 2 nitrogen and oxygen atoms in total.